The van der Waals surface area contributed by atoms with E-state index in [4.69, 9.17) is 0 Å². The Hall–Kier alpha value is -1.35. The molecule has 1 heterocycles. The maximum Gasteiger partial charge on any atom is 0.225 e. The van der Waals surface area contributed by atoms with Crippen LogP contribution in [-0.4, -0.2) is 74.5 Å². The van der Waals surface area contributed by atoms with Gasteiger partial charge in [0, 0.05) is 64.2 Å². The summed E-state index contributed by atoms with van der Waals surface area (Å²) in [4.78, 5) is 21.3. The third kappa shape index (κ3) is 5.92. The van der Waals surface area contributed by atoms with Crippen molar-refractivity contribution >= 4 is 35.8 Å². The van der Waals surface area contributed by atoms with Crippen LogP contribution in [-0.2, 0) is 10.2 Å². The highest BCUT2D eigenvalue weighted by Gasteiger charge is 2.38. The number of carbonyl (C=O) groups excluding carboxylic acids is 1. The number of rotatable bonds is 7. The average molecular weight is 540 g/mol. The molecule has 1 saturated heterocycles. The summed E-state index contributed by atoms with van der Waals surface area (Å²) in [5.74, 6) is 1.60. The topological polar surface area (TPSA) is 60.0 Å². The number of carbonyl (C=O) groups is 1. The zero-order valence-corrected chi connectivity index (χ0v) is 21.1. The summed E-state index contributed by atoms with van der Waals surface area (Å²) in [5.41, 5.74) is 1.69. The molecule has 2 saturated carbocycles. The molecule has 4 rings (SSSR count). The lowest BCUT2D eigenvalue weighted by Crippen LogP contribution is -2.53. The van der Waals surface area contributed by atoms with Crippen molar-refractivity contribution in [2.45, 2.75) is 43.9 Å². The van der Waals surface area contributed by atoms with Gasteiger partial charge in [-0.05, 0) is 31.2 Å². The van der Waals surface area contributed by atoms with Crippen LogP contribution in [0.2, 0.25) is 0 Å². The van der Waals surface area contributed by atoms with E-state index in [9.17, 15) is 4.79 Å². The van der Waals surface area contributed by atoms with E-state index < -0.39 is 0 Å². The van der Waals surface area contributed by atoms with Crippen LogP contribution in [0.4, 0.5) is 0 Å². The fourth-order valence-electron chi connectivity index (χ4n) is 4.87. The van der Waals surface area contributed by atoms with Crippen molar-refractivity contribution in [3.05, 3.63) is 35.9 Å². The standard InChI is InChI=1S/C24H37N5O.HI/c1-25-23(27-19-24(11-6-12-24)21-9-3-2-4-10-21)26-13-14-28-15-17-29(18-16-28)22(30)20-7-5-8-20;/h2-4,9-10,20H,5-8,11-19H2,1H3,(H2,25,26,27);1H. The van der Waals surface area contributed by atoms with Crippen LogP contribution in [0.15, 0.2) is 35.3 Å². The second-order valence-corrected chi connectivity index (χ2v) is 9.15. The SMILES string of the molecule is CN=C(NCCN1CCN(C(=O)C2CCC2)CC1)NCC1(c2ccccc2)CCC1.I. The van der Waals surface area contributed by atoms with E-state index in [-0.39, 0.29) is 29.4 Å². The maximum atomic E-state index is 12.4. The molecule has 7 heteroatoms. The molecule has 2 N–H and O–H groups in total. The molecule has 3 fully saturated rings. The van der Waals surface area contributed by atoms with E-state index in [2.05, 4.69) is 55.8 Å². The van der Waals surface area contributed by atoms with Crippen molar-refractivity contribution in [3.8, 4) is 0 Å². The minimum Gasteiger partial charge on any atom is -0.356 e. The van der Waals surface area contributed by atoms with Gasteiger partial charge in [-0.2, -0.15) is 0 Å². The molecular formula is C24H38IN5O. The molecule has 172 valence electrons. The number of benzene rings is 1. The monoisotopic (exact) mass is 539 g/mol. The number of amides is 1. The summed E-state index contributed by atoms with van der Waals surface area (Å²) in [6, 6.07) is 10.9. The number of guanidine groups is 1. The zero-order valence-electron chi connectivity index (χ0n) is 18.8. The quantitative estimate of drug-likeness (QED) is 0.318. The van der Waals surface area contributed by atoms with Crippen LogP contribution in [0.1, 0.15) is 44.1 Å². The zero-order chi connectivity index (χ0) is 20.8. The Morgan fingerprint density at radius 1 is 1.06 bits per heavy atom. The molecule has 3 aliphatic rings. The molecule has 2 aliphatic carbocycles. The van der Waals surface area contributed by atoms with Crippen molar-refractivity contribution in [2.75, 3.05) is 52.9 Å². The summed E-state index contributed by atoms with van der Waals surface area (Å²) in [6.45, 7) is 6.49. The van der Waals surface area contributed by atoms with Gasteiger partial charge >= 0.3 is 0 Å². The predicted octanol–water partition coefficient (Wildman–Crippen LogP) is 2.84. The van der Waals surface area contributed by atoms with Gasteiger partial charge in [0.15, 0.2) is 5.96 Å². The van der Waals surface area contributed by atoms with E-state index >= 15 is 0 Å². The Kier molecular flexibility index (Phi) is 9.01. The predicted molar refractivity (Wildman–Crippen MR) is 137 cm³/mol. The molecule has 1 aliphatic heterocycles. The van der Waals surface area contributed by atoms with Gasteiger partial charge in [-0.1, -0.05) is 43.2 Å². The first kappa shape index (κ1) is 24.3. The Morgan fingerprint density at radius 2 is 1.77 bits per heavy atom. The molecule has 0 radical (unpaired) electrons. The van der Waals surface area contributed by atoms with Gasteiger partial charge < -0.3 is 15.5 Å². The molecule has 0 atom stereocenters. The highest BCUT2D eigenvalue weighted by atomic mass is 127. The van der Waals surface area contributed by atoms with Crippen molar-refractivity contribution in [1.82, 2.24) is 20.4 Å². The van der Waals surface area contributed by atoms with Gasteiger partial charge in [0.1, 0.15) is 0 Å². The van der Waals surface area contributed by atoms with Gasteiger partial charge in [0.2, 0.25) is 5.91 Å². The van der Waals surface area contributed by atoms with Gasteiger partial charge in [-0.25, -0.2) is 0 Å². The van der Waals surface area contributed by atoms with Crippen LogP contribution in [0.3, 0.4) is 0 Å². The molecule has 1 aromatic rings. The second-order valence-electron chi connectivity index (χ2n) is 9.15. The lowest BCUT2D eigenvalue weighted by atomic mass is 9.64. The normalized spacial score (nSPS) is 21.5. The Morgan fingerprint density at radius 3 is 2.32 bits per heavy atom. The van der Waals surface area contributed by atoms with Gasteiger partial charge in [0.05, 0.1) is 0 Å². The Balaban J connectivity index is 0.00000272. The fourth-order valence-corrected chi connectivity index (χ4v) is 4.87. The minimum atomic E-state index is 0. The number of aliphatic imine (C=N–C) groups is 1. The number of hydrogen-bond acceptors (Lipinski definition) is 3. The number of nitrogens with zero attached hydrogens (tertiary/aromatic N) is 3. The van der Waals surface area contributed by atoms with E-state index in [1.807, 2.05) is 7.05 Å². The summed E-state index contributed by atoms with van der Waals surface area (Å²) in [6.07, 6.45) is 7.21. The molecule has 6 nitrogen and oxygen atoms in total. The smallest absolute Gasteiger partial charge is 0.225 e. The maximum absolute atomic E-state index is 12.4. The first-order chi connectivity index (χ1) is 14.7. The second kappa shape index (κ2) is 11.5. The first-order valence-electron chi connectivity index (χ1n) is 11.7. The van der Waals surface area contributed by atoms with E-state index in [0.29, 0.717) is 11.8 Å². The lowest BCUT2D eigenvalue weighted by molar-refractivity contribution is -0.139. The molecule has 0 aromatic heterocycles. The van der Waals surface area contributed by atoms with Crippen molar-refractivity contribution in [3.63, 3.8) is 0 Å². The van der Waals surface area contributed by atoms with Crippen molar-refractivity contribution in [2.24, 2.45) is 10.9 Å². The first-order valence-corrected chi connectivity index (χ1v) is 11.7. The number of nitrogens with one attached hydrogen (secondary N) is 2. The molecule has 0 bridgehead atoms. The van der Waals surface area contributed by atoms with Crippen LogP contribution >= 0.6 is 24.0 Å². The Labute approximate surface area is 204 Å². The number of piperazine rings is 1. The summed E-state index contributed by atoms with van der Waals surface area (Å²) >= 11 is 0. The minimum absolute atomic E-state index is 0. The molecule has 1 amide bonds. The van der Waals surface area contributed by atoms with Crippen molar-refractivity contribution < 1.29 is 4.79 Å². The van der Waals surface area contributed by atoms with E-state index in [1.54, 1.807) is 0 Å². The third-order valence-electron chi connectivity index (χ3n) is 7.37. The van der Waals surface area contributed by atoms with Crippen LogP contribution in [0.5, 0.6) is 0 Å². The summed E-state index contributed by atoms with van der Waals surface area (Å²) < 4.78 is 0. The average Bonchev–Trinajstić information content (AvgIpc) is 2.71. The van der Waals surface area contributed by atoms with E-state index in [1.165, 1.54) is 31.2 Å². The molecule has 0 spiro atoms. The highest BCUT2D eigenvalue weighted by Crippen LogP contribution is 2.43. The molecule has 1 aromatic carbocycles. The van der Waals surface area contributed by atoms with Crippen LogP contribution in [0.25, 0.3) is 0 Å². The Bertz CT molecular complexity index is 725. The van der Waals surface area contributed by atoms with Gasteiger partial charge in [-0.15, -0.1) is 24.0 Å². The molecule has 0 unspecified atom stereocenters. The van der Waals surface area contributed by atoms with Crippen LogP contribution in [0, 0.1) is 5.92 Å². The van der Waals surface area contributed by atoms with E-state index in [0.717, 1.165) is 64.6 Å². The largest absolute Gasteiger partial charge is 0.356 e. The lowest BCUT2D eigenvalue weighted by Gasteiger charge is -2.43. The fraction of sp³-hybridized carbons (Fsp3) is 0.667. The molecule has 31 heavy (non-hydrogen) atoms. The van der Waals surface area contributed by atoms with Crippen LogP contribution < -0.4 is 10.6 Å². The summed E-state index contributed by atoms with van der Waals surface area (Å²) in [7, 11) is 1.84. The summed E-state index contributed by atoms with van der Waals surface area (Å²) in [5, 5.41) is 7.04. The third-order valence-corrected chi connectivity index (χ3v) is 7.37. The van der Waals surface area contributed by atoms with Gasteiger partial charge in [0.25, 0.3) is 0 Å². The van der Waals surface area contributed by atoms with Gasteiger partial charge in [-0.3, -0.25) is 14.7 Å². The highest BCUT2D eigenvalue weighted by molar-refractivity contribution is 14.0. The van der Waals surface area contributed by atoms with Crippen molar-refractivity contribution in [1.29, 1.82) is 0 Å². The molecular weight excluding hydrogens is 501 g/mol. The number of halogens is 1. The number of hydrogen-bond donors (Lipinski definition) is 2.